The van der Waals surface area contributed by atoms with Crippen LogP contribution in [0.5, 0.6) is 5.75 Å². The molecule has 11 heteroatoms. The first kappa shape index (κ1) is 22.6. The average Bonchev–Trinajstić information content (AvgIpc) is 3.25. The van der Waals surface area contributed by atoms with E-state index in [1.807, 2.05) is 5.38 Å². The van der Waals surface area contributed by atoms with Crippen molar-refractivity contribution in [3.8, 4) is 5.75 Å². The molecule has 0 bridgehead atoms. The highest BCUT2D eigenvalue weighted by atomic mass is 32.2. The largest absolute Gasteiger partial charge is 0.573 e. The predicted octanol–water partition coefficient (Wildman–Crippen LogP) is 5.13. The number of nitrogens with one attached hydrogen (secondary N) is 1. The van der Waals surface area contributed by atoms with Crippen LogP contribution in [0, 0.1) is 0 Å². The SMILES string of the molecule is O=C(COC(=O)c1ccccc1SCc1cscn1)Nc1ccc(OC(F)(F)F)cc1. The molecule has 162 valence electrons. The monoisotopic (exact) mass is 468 g/mol. The number of halogens is 3. The van der Waals surface area contributed by atoms with E-state index in [4.69, 9.17) is 4.74 Å². The summed E-state index contributed by atoms with van der Waals surface area (Å²) in [5.74, 6) is -1.12. The molecule has 0 saturated carbocycles. The Bertz CT molecular complexity index is 1030. The van der Waals surface area contributed by atoms with Crippen molar-refractivity contribution in [2.24, 2.45) is 0 Å². The number of aromatic nitrogens is 1. The van der Waals surface area contributed by atoms with Gasteiger partial charge in [0.1, 0.15) is 5.75 Å². The number of hydrogen-bond donors (Lipinski definition) is 1. The quantitative estimate of drug-likeness (QED) is 0.365. The highest BCUT2D eigenvalue weighted by Crippen LogP contribution is 2.27. The highest BCUT2D eigenvalue weighted by molar-refractivity contribution is 7.98. The van der Waals surface area contributed by atoms with E-state index in [1.54, 1.807) is 29.8 Å². The molecule has 0 aliphatic carbocycles. The third-order valence-electron chi connectivity index (χ3n) is 3.67. The van der Waals surface area contributed by atoms with Crippen molar-refractivity contribution in [3.05, 3.63) is 70.7 Å². The molecule has 3 rings (SSSR count). The molecule has 0 saturated heterocycles. The van der Waals surface area contributed by atoms with E-state index in [-0.39, 0.29) is 5.69 Å². The molecule has 0 aliphatic rings. The molecule has 6 nitrogen and oxygen atoms in total. The molecule has 0 aliphatic heterocycles. The zero-order valence-corrected chi connectivity index (χ0v) is 17.4. The molecule has 1 amide bonds. The van der Waals surface area contributed by atoms with Gasteiger partial charge in [-0.15, -0.1) is 36.3 Å². The second-order valence-corrected chi connectivity index (χ2v) is 7.70. The lowest BCUT2D eigenvalue weighted by molar-refractivity contribution is -0.274. The van der Waals surface area contributed by atoms with Crippen LogP contribution >= 0.6 is 23.1 Å². The third kappa shape index (κ3) is 7.30. The Hall–Kier alpha value is -3.05. The number of amides is 1. The summed E-state index contributed by atoms with van der Waals surface area (Å²) in [5, 5.41) is 4.35. The molecule has 0 unspecified atom stereocenters. The first-order chi connectivity index (χ1) is 14.8. The van der Waals surface area contributed by atoms with Gasteiger partial charge in [0.15, 0.2) is 6.61 Å². The molecule has 1 N–H and O–H groups in total. The smallest absolute Gasteiger partial charge is 0.452 e. The summed E-state index contributed by atoms with van der Waals surface area (Å²) in [5.41, 5.74) is 3.18. The molecule has 0 radical (unpaired) electrons. The molecule has 31 heavy (non-hydrogen) atoms. The summed E-state index contributed by atoms with van der Waals surface area (Å²) in [6, 6.07) is 11.5. The number of carbonyl (C=O) groups is 2. The Morgan fingerprint density at radius 2 is 1.84 bits per heavy atom. The molecule has 1 heterocycles. The number of thioether (sulfide) groups is 1. The fourth-order valence-corrected chi connectivity index (χ4v) is 3.97. The Morgan fingerprint density at radius 3 is 2.52 bits per heavy atom. The average molecular weight is 468 g/mol. The lowest BCUT2D eigenvalue weighted by Gasteiger charge is -2.11. The maximum Gasteiger partial charge on any atom is 0.573 e. The van der Waals surface area contributed by atoms with Gasteiger partial charge in [0, 0.05) is 21.7 Å². The molecular formula is C20H15F3N2O4S2. The number of alkyl halides is 3. The zero-order chi connectivity index (χ0) is 22.3. The highest BCUT2D eigenvalue weighted by Gasteiger charge is 2.31. The molecule has 0 atom stereocenters. The fourth-order valence-electron chi connectivity index (χ4n) is 2.37. The van der Waals surface area contributed by atoms with Crippen molar-refractivity contribution >= 4 is 40.7 Å². The Labute approximate surface area is 183 Å². The van der Waals surface area contributed by atoms with E-state index in [1.165, 1.54) is 35.2 Å². The number of carbonyl (C=O) groups excluding carboxylic acids is 2. The van der Waals surface area contributed by atoms with E-state index in [2.05, 4.69) is 15.0 Å². The summed E-state index contributed by atoms with van der Waals surface area (Å²) in [6.07, 6.45) is -4.80. The van der Waals surface area contributed by atoms with Crippen LogP contribution in [-0.2, 0) is 15.3 Å². The number of benzene rings is 2. The van der Waals surface area contributed by atoms with Crippen LogP contribution in [-0.4, -0.2) is 29.8 Å². The van der Waals surface area contributed by atoms with Gasteiger partial charge in [-0.05, 0) is 36.4 Å². The summed E-state index contributed by atoms with van der Waals surface area (Å²) >= 11 is 2.91. The standard InChI is InChI=1S/C20H15F3N2O4S2/c21-20(22,23)29-15-7-5-13(6-8-15)25-18(26)9-28-19(27)16-3-1-2-4-17(16)31-11-14-10-30-12-24-14/h1-8,10,12H,9,11H2,(H,25,26). The Morgan fingerprint density at radius 1 is 1.10 bits per heavy atom. The maximum absolute atomic E-state index is 12.4. The first-order valence-electron chi connectivity index (χ1n) is 8.72. The second-order valence-electron chi connectivity index (χ2n) is 5.96. The number of ether oxygens (including phenoxy) is 2. The number of anilines is 1. The van der Waals surface area contributed by atoms with Crippen LogP contribution in [0.3, 0.4) is 0 Å². The van der Waals surface area contributed by atoms with Crippen molar-refractivity contribution < 1.29 is 32.2 Å². The number of rotatable bonds is 8. The van der Waals surface area contributed by atoms with Gasteiger partial charge >= 0.3 is 12.3 Å². The van der Waals surface area contributed by atoms with E-state index < -0.39 is 30.6 Å². The van der Waals surface area contributed by atoms with Gasteiger partial charge in [0.25, 0.3) is 5.91 Å². The molecular weight excluding hydrogens is 453 g/mol. The van der Waals surface area contributed by atoms with Crippen molar-refractivity contribution in [1.29, 1.82) is 0 Å². The third-order valence-corrected chi connectivity index (χ3v) is 5.41. The molecule has 0 spiro atoms. The number of nitrogens with zero attached hydrogens (tertiary/aromatic N) is 1. The van der Waals surface area contributed by atoms with Gasteiger partial charge in [-0.25, -0.2) is 9.78 Å². The van der Waals surface area contributed by atoms with Crippen LogP contribution in [0.4, 0.5) is 18.9 Å². The van der Waals surface area contributed by atoms with E-state index >= 15 is 0 Å². The minimum atomic E-state index is -4.80. The van der Waals surface area contributed by atoms with E-state index in [0.29, 0.717) is 16.2 Å². The minimum absolute atomic E-state index is 0.231. The number of hydrogen-bond acceptors (Lipinski definition) is 7. The topological polar surface area (TPSA) is 77.5 Å². The summed E-state index contributed by atoms with van der Waals surface area (Å²) in [7, 11) is 0. The van der Waals surface area contributed by atoms with Gasteiger partial charge in [-0.1, -0.05) is 12.1 Å². The van der Waals surface area contributed by atoms with E-state index in [9.17, 15) is 22.8 Å². The number of esters is 1. The predicted molar refractivity (Wildman–Crippen MR) is 110 cm³/mol. The van der Waals surface area contributed by atoms with Gasteiger partial charge in [0.05, 0.1) is 16.8 Å². The van der Waals surface area contributed by atoms with Crippen molar-refractivity contribution in [2.45, 2.75) is 17.0 Å². The molecule has 0 fully saturated rings. The minimum Gasteiger partial charge on any atom is -0.452 e. The van der Waals surface area contributed by atoms with E-state index in [0.717, 1.165) is 17.8 Å². The zero-order valence-electron chi connectivity index (χ0n) is 15.7. The fraction of sp³-hybridized carbons (Fsp3) is 0.150. The van der Waals surface area contributed by atoms with Crippen molar-refractivity contribution in [2.75, 3.05) is 11.9 Å². The molecule has 1 aromatic heterocycles. The molecule has 2 aromatic carbocycles. The maximum atomic E-state index is 12.4. The van der Waals surface area contributed by atoms with Gasteiger partial charge in [-0.2, -0.15) is 0 Å². The van der Waals surface area contributed by atoms with Crippen LogP contribution in [0.15, 0.2) is 64.3 Å². The van der Waals surface area contributed by atoms with Crippen LogP contribution in [0.1, 0.15) is 16.1 Å². The van der Waals surface area contributed by atoms with Crippen LogP contribution in [0.2, 0.25) is 0 Å². The van der Waals surface area contributed by atoms with Gasteiger partial charge in [-0.3, -0.25) is 4.79 Å². The summed E-state index contributed by atoms with van der Waals surface area (Å²) in [6.45, 7) is -0.551. The van der Waals surface area contributed by atoms with Gasteiger partial charge < -0.3 is 14.8 Å². The first-order valence-corrected chi connectivity index (χ1v) is 10.6. The Kier molecular flexibility index (Phi) is 7.53. The lowest BCUT2D eigenvalue weighted by atomic mass is 10.2. The summed E-state index contributed by atoms with van der Waals surface area (Å²) < 4.78 is 45.3. The van der Waals surface area contributed by atoms with Crippen LogP contribution in [0.25, 0.3) is 0 Å². The van der Waals surface area contributed by atoms with Gasteiger partial charge in [0.2, 0.25) is 0 Å². The lowest BCUT2D eigenvalue weighted by Crippen LogP contribution is -2.21. The van der Waals surface area contributed by atoms with Crippen molar-refractivity contribution in [3.63, 3.8) is 0 Å². The second kappa shape index (κ2) is 10.3. The summed E-state index contributed by atoms with van der Waals surface area (Å²) in [4.78, 5) is 29.3. The number of thiazole rings is 1. The van der Waals surface area contributed by atoms with Crippen LogP contribution < -0.4 is 10.1 Å². The molecule has 3 aromatic rings. The van der Waals surface area contributed by atoms with Crippen molar-refractivity contribution in [1.82, 2.24) is 4.98 Å². The Balaban J connectivity index is 1.52. The normalized spacial score (nSPS) is 11.1.